The predicted molar refractivity (Wildman–Crippen MR) is 43.7 cm³/mol. The summed E-state index contributed by atoms with van der Waals surface area (Å²) in [5.41, 5.74) is -0.713. The van der Waals surface area contributed by atoms with Gasteiger partial charge in [-0.1, -0.05) is 5.92 Å². The van der Waals surface area contributed by atoms with Gasteiger partial charge in [0.1, 0.15) is 5.41 Å². The second-order valence-electron chi connectivity index (χ2n) is 2.80. The van der Waals surface area contributed by atoms with E-state index >= 15 is 0 Å². The number of nitrogens with one attached hydrogen (secondary N) is 1. The highest BCUT2D eigenvalue weighted by atomic mass is 16.2. The molecule has 12 heavy (non-hydrogen) atoms. The van der Waals surface area contributed by atoms with Crippen LogP contribution in [0, 0.1) is 28.6 Å². The SMILES string of the molecule is CC#CCNC(=O)C1(C#N)CC1. The molecule has 1 aliphatic carbocycles. The molecule has 0 heterocycles. The average Bonchev–Trinajstić information content (AvgIpc) is 2.85. The first-order valence-corrected chi connectivity index (χ1v) is 3.84. The van der Waals surface area contributed by atoms with Crippen LogP contribution in [0.3, 0.4) is 0 Å². The molecule has 0 aromatic rings. The molecule has 0 aromatic carbocycles. The van der Waals surface area contributed by atoms with Gasteiger partial charge in [0.25, 0.3) is 0 Å². The highest BCUT2D eigenvalue weighted by Gasteiger charge is 2.50. The second kappa shape index (κ2) is 3.28. The zero-order valence-corrected chi connectivity index (χ0v) is 6.98. The molecular weight excluding hydrogens is 152 g/mol. The molecule has 0 unspecified atom stereocenters. The van der Waals surface area contributed by atoms with Crippen molar-refractivity contribution in [2.75, 3.05) is 6.54 Å². The van der Waals surface area contributed by atoms with E-state index in [4.69, 9.17) is 5.26 Å². The summed E-state index contributed by atoms with van der Waals surface area (Å²) < 4.78 is 0. The van der Waals surface area contributed by atoms with Gasteiger partial charge < -0.3 is 5.32 Å². The smallest absolute Gasteiger partial charge is 0.241 e. The van der Waals surface area contributed by atoms with Crippen LogP contribution in [0.2, 0.25) is 0 Å². The van der Waals surface area contributed by atoms with E-state index < -0.39 is 5.41 Å². The molecule has 0 spiro atoms. The third-order valence-electron chi connectivity index (χ3n) is 1.91. The summed E-state index contributed by atoms with van der Waals surface area (Å²) in [5.74, 6) is 5.20. The van der Waals surface area contributed by atoms with E-state index in [1.54, 1.807) is 6.92 Å². The highest BCUT2D eigenvalue weighted by Crippen LogP contribution is 2.44. The van der Waals surface area contributed by atoms with Crippen LogP contribution >= 0.6 is 0 Å². The quantitative estimate of drug-likeness (QED) is 0.598. The van der Waals surface area contributed by atoms with Crippen LogP contribution < -0.4 is 5.32 Å². The van der Waals surface area contributed by atoms with Crippen LogP contribution in [-0.4, -0.2) is 12.5 Å². The summed E-state index contributed by atoms with van der Waals surface area (Å²) in [4.78, 5) is 11.2. The Kier molecular flexibility index (Phi) is 2.35. The Morgan fingerprint density at radius 1 is 1.67 bits per heavy atom. The van der Waals surface area contributed by atoms with Crippen molar-refractivity contribution in [3.63, 3.8) is 0 Å². The fourth-order valence-electron chi connectivity index (χ4n) is 0.897. The Morgan fingerprint density at radius 2 is 2.33 bits per heavy atom. The van der Waals surface area contributed by atoms with Crippen molar-refractivity contribution >= 4 is 5.91 Å². The van der Waals surface area contributed by atoms with Crippen LogP contribution in [0.1, 0.15) is 19.8 Å². The zero-order chi connectivity index (χ0) is 9.03. The number of carbonyl (C=O) groups excluding carboxylic acids is 1. The number of nitriles is 1. The minimum Gasteiger partial charge on any atom is -0.344 e. The first-order valence-electron chi connectivity index (χ1n) is 3.84. The molecule has 1 amide bonds. The molecule has 1 aliphatic rings. The predicted octanol–water partition coefficient (Wildman–Crippen LogP) is 0.430. The van der Waals surface area contributed by atoms with Crippen LogP contribution in [0.4, 0.5) is 0 Å². The lowest BCUT2D eigenvalue weighted by molar-refractivity contribution is -0.124. The molecule has 1 fully saturated rings. The molecule has 0 bridgehead atoms. The van der Waals surface area contributed by atoms with Crippen molar-refractivity contribution in [1.29, 1.82) is 5.26 Å². The molecule has 0 aromatic heterocycles. The van der Waals surface area contributed by atoms with Crippen molar-refractivity contribution in [1.82, 2.24) is 5.32 Å². The van der Waals surface area contributed by atoms with Crippen molar-refractivity contribution in [3.8, 4) is 17.9 Å². The Bertz CT molecular complexity index is 286. The Hall–Kier alpha value is -1.48. The minimum atomic E-state index is -0.713. The molecule has 3 heteroatoms. The minimum absolute atomic E-state index is 0.173. The van der Waals surface area contributed by atoms with Gasteiger partial charge in [-0.3, -0.25) is 4.79 Å². The summed E-state index contributed by atoms with van der Waals surface area (Å²) in [6.45, 7) is 2.06. The first-order chi connectivity index (χ1) is 5.75. The molecule has 3 nitrogen and oxygen atoms in total. The van der Waals surface area contributed by atoms with Gasteiger partial charge >= 0.3 is 0 Å². The lowest BCUT2D eigenvalue weighted by Crippen LogP contribution is -2.31. The number of hydrogen-bond acceptors (Lipinski definition) is 2. The van der Waals surface area contributed by atoms with E-state index in [-0.39, 0.29) is 5.91 Å². The standard InChI is InChI=1S/C9H10N2O/c1-2-3-6-11-8(12)9(7-10)4-5-9/h4-6H2,1H3,(H,11,12). The third-order valence-corrected chi connectivity index (χ3v) is 1.91. The van der Waals surface area contributed by atoms with Gasteiger partial charge in [0.2, 0.25) is 5.91 Å². The summed E-state index contributed by atoms with van der Waals surface area (Å²) >= 11 is 0. The molecular formula is C9H10N2O. The first kappa shape index (κ1) is 8.62. The maximum absolute atomic E-state index is 11.2. The van der Waals surface area contributed by atoms with Crippen LogP contribution in [0.25, 0.3) is 0 Å². The molecule has 0 atom stereocenters. The maximum atomic E-state index is 11.2. The van der Waals surface area contributed by atoms with Gasteiger partial charge in [-0.05, 0) is 19.8 Å². The second-order valence-corrected chi connectivity index (χ2v) is 2.80. The molecule has 1 N–H and O–H groups in total. The molecule has 1 rings (SSSR count). The van der Waals surface area contributed by atoms with Crippen molar-refractivity contribution in [2.45, 2.75) is 19.8 Å². The molecule has 0 radical (unpaired) electrons. The van der Waals surface area contributed by atoms with Crippen molar-refractivity contribution < 1.29 is 4.79 Å². The maximum Gasteiger partial charge on any atom is 0.241 e. The van der Waals surface area contributed by atoms with Gasteiger partial charge in [-0.2, -0.15) is 5.26 Å². The van der Waals surface area contributed by atoms with Gasteiger partial charge in [0.05, 0.1) is 12.6 Å². The van der Waals surface area contributed by atoms with Gasteiger partial charge in [0.15, 0.2) is 0 Å². The van der Waals surface area contributed by atoms with Gasteiger partial charge in [-0.15, -0.1) is 5.92 Å². The fraction of sp³-hybridized carbons (Fsp3) is 0.556. The van der Waals surface area contributed by atoms with E-state index in [0.29, 0.717) is 19.4 Å². The van der Waals surface area contributed by atoms with Crippen LogP contribution in [0.5, 0.6) is 0 Å². The lowest BCUT2D eigenvalue weighted by atomic mass is 10.1. The number of hydrogen-bond donors (Lipinski definition) is 1. The normalized spacial score (nSPS) is 16.7. The van der Waals surface area contributed by atoms with E-state index in [9.17, 15) is 4.79 Å². The topological polar surface area (TPSA) is 52.9 Å². The third kappa shape index (κ3) is 1.57. The molecule has 62 valence electrons. The van der Waals surface area contributed by atoms with E-state index in [1.807, 2.05) is 6.07 Å². The number of rotatable bonds is 2. The van der Waals surface area contributed by atoms with Crippen molar-refractivity contribution in [3.05, 3.63) is 0 Å². The van der Waals surface area contributed by atoms with Gasteiger partial charge in [0, 0.05) is 0 Å². The number of nitrogens with zero attached hydrogens (tertiary/aromatic N) is 1. The fourth-order valence-corrected chi connectivity index (χ4v) is 0.897. The lowest BCUT2D eigenvalue weighted by Gasteiger charge is -2.03. The van der Waals surface area contributed by atoms with E-state index in [0.717, 1.165) is 0 Å². The summed E-state index contributed by atoms with van der Waals surface area (Å²) in [6, 6.07) is 2.02. The molecule has 0 aliphatic heterocycles. The average molecular weight is 162 g/mol. The highest BCUT2D eigenvalue weighted by molar-refractivity contribution is 5.88. The number of amides is 1. The summed E-state index contributed by atoms with van der Waals surface area (Å²) in [6.07, 6.45) is 1.38. The van der Waals surface area contributed by atoms with E-state index in [1.165, 1.54) is 0 Å². The summed E-state index contributed by atoms with van der Waals surface area (Å²) in [5, 5.41) is 11.2. The van der Waals surface area contributed by atoms with Crippen LogP contribution in [-0.2, 0) is 4.79 Å². The monoisotopic (exact) mass is 162 g/mol. The molecule has 0 saturated heterocycles. The van der Waals surface area contributed by atoms with Gasteiger partial charge in [-0.25, -0.2) is 0 Å². The Balaban J connectivity index is 2.38. The van der Waals surface area contributed by atoms with Crippen LogP contribution in [0.15, 0.2) is 0 Å². The largest absolute Gasteiger partial charge is 0.344 e. The number of carbonyl (C=O) groups is 1. The zero-order valence-electron chi connectivity index (χ0n) is 6.98. The van der Waals surface area contributed by atoms with E-state index in [2.05, 4.69) is 17.2 Å². The molecule has 1 saturated carbocycles. The Labute approximate surface area is 71.8 Å². The summed E-state index contributed by atoms with van der Waals surface area (Å²) in [7, 11) is 0. The van der Waals surface area contributed by atoms with Crippen molar-refractivity contribution in [2.24, 2.45) is 5.41 Å². The Morgan fingerprint density at radius 3 is 2.75 bits per heavy atom.